The highest BCUT2D eigenvalue weighted by Crippen LogP contribution is 2.31. The molecule has 3 aromatic rings. The molecule has 1 fully saturated rings. The van der Waals surface area contributed by atoms with Gasteiger partial charge in [0.15, 0.2) is 7.85 Å². The van der Waals surface area contributed by atoms with E-state index in [1.807, 2.05) is 13.8 Å². The Labute approximate surface area is 184 Å². The number of fused-ring (bicyclic) bond motifs is 1. The van der Waals surface area contributed by atoms with Crippen LogP contribution in [0.15, 0.2) is 18.5 Å². The third-order valence-corrected chi connectivity index (χ3v) is 5.11. The smallest absolute Gasteiger partial charge is 0.257 e. The van der Waals surface area contributed by atoms with Crippen LogP contribution >= 0.6 is 0 Å². The molecule has 166 valence electrons. The molecule has 3 N–H and O–H groups in total. The van der Waals surface area contributed by atoms with E-state index in [-0.39, 0.29) is 35.8 Å². The maximum absolute atomic E-state index is 9.72. The summed E-state index contributed by atoms with van der Waals surface area (Å²) in [6, 6.07) is 3.73. The lowest BCUT2D eigenvalue weighted by Crippen LogP contribution is -2.47. The number of rotatable bonds is 8. The Morgan fingerprint density at radius 3 is 2.88 bits per heavy atom. The highest BCUT2D eigenvalue weighted by atomic mass is 16.6. The minimum Gasteiger partial charge on any atom is -0.467 e. The largest absolute Gasteiger partial charge is 0.467 e. The summed E-state index contributed by atoms with van der Waals surface area (Å²) in [4.78, 5) is 8.83. The lowest BCUT2D eigenvalue weighted by molar-refractivity contribution is -0.162. The maximum Gasteiger partial charge on any atom is 0.257 e. The second kappa shape index (κ2) is 8.40. The van der Waals surface area contributed by atoms with Crippen LogP contribution in [0.2, 0.25) is 0 Å². The van der Waals surface area contributed by atoms with E-state index in [0.717, 1.165) is 4.68 Å². The van der Waals surface area contributed by atoms with Crippen LogP contribution in [-0.4, -0.2) is 74.9 Å². The van der Waals surface area contributed by atoms with Gasteiger partial charge in [0.2, 0.25) is 11.8 Å². The van der Waals surface area contributed by atoms with Crippen LogP contribution in [0.5, 0.6) is 5.88 Å². The second-order valence-corrected chi connectivity index (χ2v) is 7.59. The minimum atomic E-state index is -2.73. The SMILES string of the molecule is [B]C(O)(O)n1cc(Nc2ncc3cc(C#N)n([C@@H](C)COC)c3n2)c(OC2CO[C@@H]2C)n1. The summed E-state index contributed by atoms with van der Waals surface area (Å²) in [5.74, 6) is -2.46. The first-order valence-corrected chi connectivity index (χ1v) is 9.87. The molecule has 2 radical (unpaired) electrons. The predicted octanol–water partition coefficient (Wildman–Crippen LogP) is 0.337. The van der Waals surface area contributed by atoms with Crippen LogP contribution in [0.25, 0.3) is 11.0 Å². The third-order valence-electron chi connectivity index (χ3n) is 5.11. The summed E-state index contributed by atoms with van der Waals surface area (Å²) < 4.78 is 18.9. The van der Waals surface area contributed by atoms with Gasteiger partial charge in [-0.15, -0.1) is 5.10 Å². The lowest BCUT2D eigenvalue weighted by atomic mass is 10.1. The van der Waals surface area contributed by atoms with E-state index in [4.69, 9.17) is 22.1 Å². The number of nitrogens with one attached hydrogen (secondary N) is 1. The van der Waals surface area contributed by atoms with Gasteiger partial charge in [-0.25, -0.2) is 9.67 Å². The van der Waals surface area contributed by atoms with E-state index in [0.29, 0.717) is 29.9 Å². The zero-order valence-electron chi connectivity index (χ0n) is 17.8. The van der Waals surface area contributed by atoms with Crippen molar-refractivity contribution >= 4 is 30.5 Å². The monoisotopic (exact) mass is 439 g/mol. The first kappa shape index (κ1) is 22.0. The fourth-order valence-corrected chi connectivity index (χ4v) is 3.38. The molecule has 0 saturated carbocycles. The molecule has 0 bridgehead atoms. The third kappa shape index (κ3) is 4.13. The zero-order valence-corrected chi connectivity index (χ0v) is 17.8. The Morgan fingerprint density at radius 2 is 2.28 bits per heavy atom. The fourth-order valence-electron chi connectivity index (χ4n) is 3.38. The van der Waals surface area contributed by atoms with Crippen LogP contribution in [0, 0.1) is 11.3 Å². The molecule has 3 aromatic heterocycles. The van der Waals surface area contributed by atoms with Gasteiger partial charge in [-0.3, -0.25) is 0 Å². The van der Waals surface area contributed by atoms with Crippen molar-refractivity contribution in [3.63, 3.8) is 0 Å². The average Bonchev–Trinajstić information content (AvgIpc) is 3.31. The van der Waals surface area contributed by atoms with Gasteiger partial charge < -0.3 is 34.3 Å². The van der Waals surface area contributed by atoms with E-state index in [1.54, 1.807) is 23.9 Å². The first-order valence-electron chi connectivity index (χ1n) is 9.87. The Morgan fingerprint density at radius 1 is 1.50 bits per heavy atom. The number of nitrogens with zero attached hydrogens (tertiary/aromatic N) is 6. The molecule has 32 heavy (non-hydrogen) atoms. The van der Waals surface area contributed by atoms with Gasteiger partial charge in [0.05, 0.1) is 31.6 Å². The Kier molecular flexibility index (Phi) is 5.78. The maximum atomic E-state index is 9.72. The minimum absolute atomic E-state index is 0.0765. The molecule has 12 nitrogen and oxygen atoms in total. The Balaban J connectivity index is 1.70. The van der Waals surface area contributed by atoms with Gasteiger partial charge in [-0.05, 0) is 19.9 Å². The molecule has 1 saturated heterocycles. The Hall–Kier alpha value is -3.18. The van der Waals surface area contributed by atoms with Crippen molar-refractivity contribution in [2.45, 2.75) is 37.9 Å². The van der Waals surface area contributed by atoms with Crippen LogP contribution in [0.3, 0.4) is 0 Å². The van der Waals surface area contributed by atoms with Gasteiger partial charge in [0.1, 0.15) is 29.2 Å². The number of nitriles is 1. The van der Waals surface area contributed by atoms with Gasteiger partial charge in [0, 0.05) is 18.7 Å². The van der Waals surface area contributed by atoms with Gasteiger partial charge in [-0.1, -0.05) is 0 Å². The lowest BCUT2D eigenvalue weighted by Gasteiger charge is -2.33. The molecule has 4 rings (SSSR count). The van der Waals surface area contributed by atoms with Crippen molar-refractivity contribution in [3.05, 3.63) is 24.2 Å². The zero-order chi connectivity index (χ0) is 23.0. The molecule has 1 aliphatic rings. The number of methoxy groups -OCH3 is 1. The highest BCUT2D eigenvalue weighted by molar-refractivity contribution is 6.11. The van der Waals surface area contributed by atoms with E-state index >= 15 is 0 Å². The van der Waals surface area contributed by atoms with Gasteiger partial charge in [-0.2, -0.15) is 10.2 Å². The molecule has 0 aromatic carbocycles. The summed E-state index contributed by atoms with van der Waals surface area (Å²) in [5, 5.41) is 36.6. The van der Waals surface area contributed by atoms with Crippen LogP contribution < -0.4 is 10.1 Å². The summed E-state index contributed by atoms with van der Waals surface area (Å²) in [6.07, 6.45) is 2.46. The van der Waals surface area contributed by atoms with E-state index < -0.39 is 5.81 Å². The van der Waals surface area contributed by atoms with Crippen molar-refractivity contribution in [1.82, 2.24) is 24.3 Å². The van der Waals surface area contributed by atoms with Crippen molar-refractivity contribution < 1.29 is 24.4 Å². The molecule has 1 aliphatic heterocycles. The van der Waals surface area contributed by atoms with Crippen molar-refractivity contribution in [3.8, 4) is 11.9 Å². The number of anilines is 2. The van der Waals surface area contributed by atoms with Crippen LogP contribution in [0.1, 0.15) is 25.6 Å². The van der Waals surface area contributed by atoms with E-state index in [2.05, 4.69) is 26.5 Å². The topological polar surface area (TPSA) is 152 Å². The standard InChI is InChI=1S/C19H22BN7O5/c1-10(8-30-3)27-13(5-21)4-12-6-22-18(24-16(12)27)23-14-7-26(19(20,28)29)25-17(14)32-15-9-31-11(15)2/h4,6-7,10-11,15,28-29H,8-9H2,1-3H3,(H,22,23,24)/t10-,11+,15?/m0/s1. The predicted molar refractivity (Wildman–Crippen MR) is 112 cm³/mol. The number of hydrogen-bond donors (Lipinski definition) is 3. The molecular weight excluding hydrogens is 417 g/mol. The highest BCUT2D eigenvalue weighted by Gasteiger charge is 2.32. The van der Waals surface area contributed by atoms with E-state index in [9.17, 15) is 15.5 Å². The summed E-state index contributed by atoms with van der Waals surface area (Å²) in [5.41, 5.74) is 1.24. The molecule has 0 amide bonds. The molecule has 0 spiro atoms. The average molecular weight is 439 g/mol. The molecule has 13 heteroatoms. The van der Waals surface area contributed by atoms with Crippen molar-refractivity contribution in [2.24, 2.45) is 0 Å². The molecule has 1 unspecified atom stereocenters. The van der Waals surface area contributed by atoms with E-state index in [1.165, 1.54) is 6.20 Å². The second-order valence-electron chi connectivity index (χ2n) is 7.59. The molecule has 3 atom stereocenters. The van der Waals surface area contributed by atoms with Gasteiger partial charge in [0.25, 0.3) is 5.88 Å². The fraction of sp³-hybridized carbons (Fsp3) is 0.474. The molecule has 4 heterocycles. The van der Waals surface area contributed by atoms with Crippen molar-refractivity contribution in [1.29, 1.82) is 5.26 Å². The number of hydrogen-bond acceptors (Lipinski definition) is 10. The Bertz CT molecular complexity index is 1170. The summed E-state index contributed by atoms with van der Waals surface area (Å²) >= 11 is 0. The quantitative estimate of drug-likeness (QED) is 0.331. The van der Waals surface area contributed by atoms with Crippen LogP contribution in [-0.2, 0) is 15.3 Å². The van der Waals surface area contributed by atoms with Crippen molar-refractivity contribution in [2.75, 3.05) is 25.6 Å². The first-order chi connectivity index (χ1) is 15.2. The number of aromatic nitrogens is 5. The van der Waals surface area contributed by atoms with Crippen LogP contribution in [0.4, 0.5) is 11.6 Å². The number of ether oxygens (including phenoxy) is 3. The summed E-state index contributed by atoms with van der Waals surface area (Å²) in [7, 11) is 6.92. The molecular formula is C19H22BN7O5. The molecule has 0 aliphatic carbocycles. The summed E-state index contributed by atoms with van der Waals surface area (Å²) in [6.45, 7) is 4.54. The number of aliphatic hydroxyl groups is 2. The van der Waals surface area contributed by atoms with Gasteiger partial charge >= 0.3 is 0 Å². The normalized spacial score (nSPS) is 19.4.